The molecule has 27 heavy (non-hydrogen) atoms. The van der Waals surface area contributed by atoms with E-state index < -0.39 is 0 Å². The molecule has 2 saturated heterocycles. The molecule has 5 nitrogen and oxygen atoms in total. The van der Waals surface area contributed by atoms with E-state index in [-0.39, 0.29) is 12.1 Å². The van der Waals surface area contributed by atoms with E-state index in [1.165, 1.54) is 4.88 Å². The van der Waals surface area contributed by atoms with Gasteiger partial charge in [0.15, 0.2) is 0 Å². The van der Waals surface area contributed by atoms with Crippen LogP contribution in [0.2, 0.25) is 0 Å². The number of likely N-dealkylation sites (N-methyl/N-ethyl adjacent to an activating group) is 1. The van der Waals surface area contributed by atoms with E-state index in [1.54, 1.807) is 11.3 Å². The molecule has 3 heterocycles. The number of likely N-dealkylation sites (tertiary alicyclic amines) is 1. The van der Waals surface area contributed by atoms with Gasteiger partial charge >= 0.3 is 0 Å². The largest absolute Gasteiger partial charge is 0.391 e. The monoisotopic (exact) mass is 391 g/mol. The molecule has 1 saturated carbocycles. The maximum atomic E-state index is 12.7. The maximum Gasteiger partial charge on any atom is 0.222 e. The predicted octanol–water partition coefficient (Wildman–Crippen LogP) is 1.92. The molecule has 6 heteroatoms. The van der Waals surface area contributed by atoms with E-state index in [1.807, 2.05) is 0 Å². The van der Waals surface area contributed by atoms with Gasteiger partial charge in [0, 0.05) is 56.6 Å². The maximum absolute atomic E-state index is 12.7. The summed E-state index contributed by atoms with van der Waals surface area (Å²) < 4.78 is 0. The lowest BCUT2D eigenvalue weighted by molar-refractivity contribution is -0.130. The Hall–Kier alpha value is -0.950. The van der Waals surface area contributed by atoms with Crippen LogP contribution in [0.5, 0.6) is 0 Å². The molecule has 150 valence electrons. The van der Waals surface area contributed by atoms with Crippen molar-refractivity contribution in [2.75, 3.05) is 46.3 Å². The third kappa shape index (κ3) is 4.56. The molecule has 1 amide bonds. The quantitative estimate of drug-likeness (QED) is 0.833. The second kappa shape index (κ2) is 8.60. The average molecular weight is 392 g/mol. The summed E-state index contributed by atoms with van der Waals surface area (Å²) in [7, 11) is 2.17. The standard InChI is InChI=1S/C21H33N3O2S/c1-22-7-9-23(10-8-22)19-12-16-14-24(15-17(16)13-20(19)25)21(26)6-2-4-18-5-3-11-27-18/h3,5,11,16-17,19-20,25H,2,4,6-10,12-15H2,1H3/t16-,17+,19-,20-/m1/s1. The summed E-state index contributed by atoms with van der Waals surface area (Å²) in [5.74, 6) is 1.37. The molecule has 2 aliphatic heterocycles. The molecular formula is C21H33N3O2S. The zero-order valence-corrected chi connectivity index (χ0v) is 17.2. The summed E-state index contributed by atoms with van der Waals surface area (Å²) in [6.07, 6.45) is 4.28. The molecule has 1 aromatic rings. The predicted molar refractivity (Wildman–Crippen MR) is 109 cm³/mol. The third-order valence-corrected chi connectivity index (χ3v) is 7.80. The van der Waals surface area contributed by atoms with Crippen LogP contribution in [0, 0.1) is 11.8 Å². The summed E-state index contributed by atoms with van der Waals surface area (Å²) in [5, 5.41) is 12.9. The van der Waals surface area contributed by atoms with Gasteiger partial charge in [0.1, 0.15) is 0 Å². The number of carbonyl (C=O) groups is 1. The molecular weight excluding hydrogens is 358 g/mol. The Morgan fingerprint density at radius 3 is 2.63 bits per heavy atom. The van der Waals surface area contributed by atoms with Crippen LogP contribution in [-0.2, 0) is 11.2 Å². The first-order chi connectivity index (χ1) is 13.1. The number of nitrogens with zero attached hydrogens (tertiary/aromatic N) is 3. The van der Waals surface area contributed by atoms with Crippen molar-refractivity contribution in [1.29, 1.82) is 0 Å². The molecule has 3 aliphatic rings. The van der Waals surface area contributed by atoms with E-state index in [4.69, 9.17) is 0 Å². The smallest absolute Gasteiger partial charge is 0.222 e. The molecule has 0 radical (unpaired) electrons. The fourth-order valence-corrected chi connectivity index (χ4v) is 5.94. The minimum absolute atomic E-state index is 0.233. The highest BCUT2D eigenvalue weighted by atomic mass is 32.1. The Labute approximate surface area is 166 Å². The number of aliphatic hydroxyl groups excluding tert-OH is 1. The second-order valence-electron chi connectivity index (χ2n) is 8.70. The lowest BCUT2D eigenvalue weighted by atomic mass is 9.77. The number of thiophene rings is 1. The van der Waals surface area contributed by atoms with Gasteiger partial charge in [0.25, 0.3) is 0 Å². The Kier molecular flexibility index (Phi) is 6.17. The number of amides is 1. The van der Waals surface area contributed by atoms with Crippen molar-refractivity contribution in [3.8, 4) is 0 Å². The van der Waals surface area contributed by atoms with Crippen molar-refractivity contribution < 1.29 is 9.90 Å². The van der Waals surface area contributed by atoms with Gasteiger partial charge in [-0.25, -0.2) is 0 Å². The van der Waals surface area contributed by atoms with Crippen molar-refractivity contribution in [3.63, 3.8) is 0 Å². The summed E-state index contributed by atoms with van der Waals surface area (Å²) in [6, 6.07) is 4.52. The topological polar surface area (TPSA) is 47.0 Å². The van der Waals surface area contributed by atoms with Crippen LogP contribution >= 0.6 is 11.3 Å². The molecule has 0 bridgehead atoms. The summed E-state index contributed by atoms with van der Waals surface area (Å²) >= 11 is 1.78. The summed E-state index contributed by atoms with van der Waals surface area (Å²) in [5.41, 5.74) is 0. The molecule has 0 spiro atoms. The van der Waals surface area contributed by atoms with Crippen LogP contribution in [0.3, 0.4) is 0 Å². The van der Waals surface area contributed by atoms with Crippen LogP contribution in [0.15, 0.2) is 17.5 Å². The number of carbonyl (C=O) groups excluding carboxylic acids is 1. The summed E-state index contributed by atoms with van der Waals surface area (Å²) in [6.45, 7) is 6.05. The molecule has 1 aromatic heterocycles. The Morgan fingerprint density at radius 2 is 1.93 bits per heavy atom. The van der Waals surface area contributed by atoms with Crippen molar-refractivity contribution >= 4 is 17.2 Å². The minimum atomic E-state index is -0.233. The normalized spacial score (nSPS) is 32.6. The van der Waals surface area contributed by atoms with E-state index in [2.05, 4.69) is 39.3 Å². The first-order valence-electron chi connectivity index (χ1n) is 10.5. The Bertz CT molecular complexity index is 615. The van der Waals surface area contributed by atoms with Gasteiger partial charge in [-0.15, -0.1) is 11.3 Å². The van der Waals surface area contributed by atoms with Crippen LogP contribution in [0.1, 0.15) is 30.6 Å². The zero-order valence-electron chi connectivity index (χ0n) is 16.4. The zero-order chi connectivity index (χ0) is 18.8. The van der Waals surface area contributed by atoms with Crippen molar-refractivity contribution in [2.24, 2.45) is 11.8 Å². The molecule has 4 atom stereocenters. The van der Waals surface area contributed by atoms with Crippen LogP contribution < -0.4 is 0 Å². The molecule has 1 aliphatic carbocycles. The molecule has 0 aromatic carbocycles. The van der Waals surface area contributed by atoms with Gasteiger partial charge in [0.05, 0.1) is 6.10 Å². The Balaban J connectivity index is 1.27. The van der Waals surface area contributed by atoms with E-state index in [9.17, 15) is 9.90 Å². The van der Waals surface area contributed by atoms with Gasteiger partial charge in [-0.3, -0.25) is 9.69 Å². The van der Waals surface area contributed by atoms with E-state index in [0.29, 0.717) is 24.2 Å². The summed E-state index contributed by atoms with van der Waals surface area (Å²) in [4.78, 5) is 21.0. The molecule has 0 unspecified atom stereocenters. The Morgan fingerprint density at radius 1 is 1.19 bits per heavy atom. The van der Waals surface area contributed by atoms with Gasteiger partial charge < -0.3 is 14.9 Å². The van der Waals surface area contributed by atoms with Gasteiger partial charge in [-0.05, 0) is 56.0 Å². The lowest BCUT2D eigenvalue weighted by Gasteiger charge is -2.44. The van der Waals surface area contributed by atoms with Crippen LogP contribution in [0.25, 0.3) is 0 Å². The van der Waals surface area contributed by atoms with E-state index >= 15 is 0 Å². The van der Waals surface area contributed by atoms with Crippen LogP contribution in [-0.4, -0.2) is 84.2 Å². The van der Waals surface area contributed by atoms with Crippen molar-refractivity contribution in [3.05, 3.63) is 22.4 Å². The minimum Gasteiger partial charge on any atom is -0.391 e. The number of hydrogen-bond donors (Lipinski definition) is 1. The highest BCUT2D eigenvalue weighted by Crippen LogP contribution is 2.38. The van der Waals surface area contributed by atoms with Gasteiger partial charge in [0.2, 0.25) is 5.91 Å². The average Bonchev–Trinajstić information content (AvgIpc) is 3.31. The van der Waals surface area contributed by atoms with Gasteiger partial charge in [-0.2, -0.15) is 0 Å². The SMILES string of the molecule is CN1CCN([C@@H]2C[C@@H]3CN(C(=O)CCCc4cccs4)C[C@@H]3C[C@H]2O)CC1. The number of piperazine rings is 1. The number of aryl methyl sites for hydroxylation is 1. The second-order valence-corrected chi connectivity index (χ2v) is 9.73. The van der Waals surface area contributed by atoms with Crippen LogP contribution in [0.4, 0.5) is 0 Å². The van der Waals surface area contributed by atoms with Crippen molar-refractivity contribution in [2.45, 2.75) is 44.2 Å². The first kappa shape index (κ1) is 19.4. The van der Waals surface area contributed by atoms with Crippen molar-refractivity contribution in [1.82, 2.24) is 14.7 Å². The fraction of sp³-hybridized carbons (Fsp3) is 0.762. The third-order valence-electron chi connectivity index (χ3n) is 6.86. The number of aliphatic hydroxyl groups is 1. The lowest BCUT2D eigenvalue weighted by Crippen LogP contribution is -2.55. The molecule has 4 rings (SSSR count). The molecule has 3 fully saturated rings. The number of rotatable bonds is 5. The highest BCUT2D eigenvalue weighted by molar-refractivity contribution is 7.09. The number of hydrogen-bond acceptors (Lipinski definition) is 5. The van der Waals surface area contributed by atoms with E-state index in [0.717, 1.165) is 65.0 Å². The molecule has 1 N–H and O–H groups in total. The first-order valence-corrected chi connectivity index (χ1v) is 11.4. The number of fused-ring (bicyclic) bond motifs is 1. The highest BCUT2D eigenvalue weighted by Gasteiger charge is 2.44. The van der Waals surface area contributed by atoms with Gasteiger partial charge in [-0.1, -0.05) is 6.07 Å². The fourth-order valence-electron chi connectivity index (χ4n) is 5.18.